The van der Waals surface area contributed by atoms with Gasteiger partial charge < -0.3 is 19.7 Å². The summed E-state index contributed by atoms with van der Waals surface area (Å²) in [4.78, 5) is 21.8. The topological polar surface area (TPSA) is 108 Å². The number of hydrogen-bond donors (Lipinski definition) is 3. The summed E-state index contributed by atoms with van der Waals surface area (Å²) in [5.74, 6) is -0.710. The zero-order chi connectivity index (χ0) is 14.7. The number of fused-ring (bicyclic) bond motifs is 1. The number of thioether (sulfide) groups is 1. The average Bonchev–Trinajstić information content (AvgIpc) is 2.36. The van der Waals surface area contributed by atoms with E-state index in [1.807, 2.05) is 0 Å². The summed E-state index contributed by atoms with van der Waals surface area (Å²) in [6.07, 6.45) is 0.0378. The first-order valence-corrected chi connectivity index (χ1v) is 6.91. The Balaban J connectivity index is 2.29. The molecule has 2 aromatic rings. The molecule has 0 aliphatic carbocycles. The van der Waals surface area contributed by atoms with Gasteiger partial charge in [0, 0.05) is 29.0 Å². The number of rotatable bonds is 5. The van der Waals surface area contributed by atoms with E-state index in [9.17, 15) is 19.8 Å². The van der Waals surface area contributed by atoms with Crippen molar-refractivity contribution < 1.29 is 24.5 Å². The Morgan fingerprint density at radius 1 is 1.20 bits per heavy atom. The van der Waals surface area contributed by atoms with Crippen LogP contribution in [0.1, 0.15) is 12.0 Å². The second-order valence-electron chi connectivity index (χ2n) is 4.12. The molecular formula is C13H12O6S. The van der Waals surface area contributed by atoms with Gasteiger partial charge in [-0.2, -0.15) is 11.8 Å². The first kappa shape index (κ1) is 14.3. The van der Waals surface area contributed by atoms with Crippen LogP contribution < -0.4 is 5.63 Å². The van der Waals surface area contributed by atoms with Crippen LogP contribution in [0.2, 0.25) is 0 Å². The Morgan fingerprint density at radius 2 is 1.90 bits per heavy atom. The minimum Gasteiger partial charge on any atom is -0.504 e. The van der Waals surface area contributed by atoms with Crippen LogP contribution in [-0.4, -0.2) is 27.0 Å². The van der Waals surface area contributed by atoms with Gasteiger partial charge in [-0.05, 0) is 11.6 Å². The first-order chi connectivity index (χ1) is 9.47. The van der Waals surface area contributed by atoms with Crippen LogP contribution >= 0.6 is 11.8 Å². The maximum absolute atomic E-state index is 11.4. The fraction of sp³-hybridized carbons (Fsp3) is 0.231. The Morgan fingerprint density at radius 3 is 2.60 bits per heavy atom. The SMILES string of the molecule is O=C(O)CCSCc1cc(=O)oc2cc(O)c(O)cc12. The second-order valence-corrected chi connectivity index (χ2v) is 5.23. The molecule has 3 N–H and O–H groups in total. The second kappa shape index (κ2) is 5.87. The zero-order valence-electron chi connectivity index (χ0n) is 10.3. The third kappa shape index (κ3) is 3.24. The minimum absolute atomic E-state index is 0.0378. The van der Waals surface area contributed by atoms with E-state index in [1.54, 1.807) is 0 Å². The average molecular weight is 296 g/mol. The van der Waals surface area contributed by atoms with Crippen LogP contribution in [0.3, 0.4) is 0 Å². The van der Waals surface area contributed by atoms with E-state index < -0.39 is 11.6 Å². The number of phenolic OH excluding ortho intramolecular Hbond substituents is 2. The van der Waals surface area contributed by atoms with Gasteiger partial charge in [-0.1, -0.05) is 0 Å². The van der Waals surface area contributed by atoms with Crippen molar-refractivity contribution in [1.29, 1.82) is 0 Å². The largest absolute Gasteiger partial charge is 0.504 e. The molecule has 0 aliphatic heterocycles. The van der Waals surface area contributed by atoms with Gasteiger partial charge in [-0.3, -0.25) is 4.79 Å². The molecule has 6 nitrogen and oxygen atoms in total. The lowest BCUT2D eigenvalue weighted by atomic mass is 10.1. The number of carbonyl (C=O) groups is 1. The van der Waals surface area contributed by atoms with Gasteiger partial charge in [-0.15, -0.1) is 0 Å². The highest BCUT2D eigenvalue weighted by Gasteiger charge is 2.10. The summed E-state index contributed by atoms with van der Waals surface area (Å²) in [6, 6.07) is 3.80. The van der Waals surface area contributed by atoms with E-state index in [0.29, 0.717) is 22.5 Å². The molecule has 7 heteroatoms. The highest BCUT2D eigenvalue weighted by molar-refractivity contribution is 7.98. The molecule has 2 rings (SSSR count). The fourth-order valence-corrected chi connectivity index (χ4v) is 2.63. The van der Waals surface area contributed by atoms with Crippen molar-refractivity contribution in [3.05, 3.63) is 34.2 Å². The zero-order valence-corrected chi connectivity index (χ0v) is 11.1. The smallest absolute Gasteiger partial charge is 0.336 e. The van der Waals surface area contributed by atoms with Crippen molar-refractivity contribution in [2.75, 3.05) is 5.75 Å². The third-order valence-electron chi connectivity index (χ3n) is 2.64. The summed E-state index contributed by atoms with van der Waals surface area (Å²) < 4.78 is 4.95. The van der Waals surface area contributed by atoms with Gasteiger partial charge in [0.05, 0.1) is 6.42 Å². The maximum atomic E-state index is 11.4. The summed E-state index contributed by atoms with van der Waals surface area (Å²) in [7, 11) is 0. The minimum atomic E-state index is -0.877. The van der Waals surface area contributed by atoms with Gasteiger partial charge in [0.1, 0.15) is 5.58 Å². The Labute approximate surface area is 117 Å². The number of hydrogen-bond acceptors (Lipinski definition) is 6. The first-order valence-electron chi connectivity index (χ1n) is 5.75. The Bertz CT molecular complexity index is 706. The quantitative estimate of drug-likeness (QED) is 0.439. The van der Waals surface area contributed by atoms with E-state index in [1.165, 1.54) is 30.0 Å². The number of phenols is 2. The molecule has 0 saturated carbocycles. The van der Waals surface area contributed by atoms with Crippen LogP contribution in [0.25, 0.3) is 11.0 Å². The molecule has 1 aromatic carbocycles. The summed E-state index contributed by atoms with van der Waals surface area (Å²) in [5.41, 5.74) is 0.250. The molecule has 1 aromatic heterocycles. The molecule has 0 bridgehead atoms. The van der Waals surface area contributed by atoms with Crippen molar-refractivity contribution in [1.82, 2.24) is 0 Å². The van der Waals surface area contributed by atoms with Gasteiger partial charge in [0.25, 0.3) is 0 Å². The predicted molar refractivity (Wildman–Crippen MR) is 74.2 cm³/mol. The number of aliphatic carboxylic acids is 1. The Hall–Kier alpha value is -2.15. The van der Waals surface area contributed by atoms with Crippen LogP contribution in [0.5, 0.6) is 11.5 Å². The van der Waals surface area contributed by atoms with Crippen molar-refractivity contribution in [3.8, 4) is 11.5 Å². The molecule has 0 saturated heterocycles. The lowest BCUT2D eigenvalue weighted by Crippen LogP contribution is -2.01. The molecule has 20 heavy (non-hydrogen) atoms. The summed E-state index contributed by atoms with van der Waals surface area (Å²) in [5, 5.41) is 28.0. The van der Waals surface area contributed by atoms with E-state index in [-0.39, 0.29) is 23.5 Å². The molecule has 0 amide bonds. The lowest BCUT2D eigenvalue weighted by molar-refractivity contribution is -0.136. The molecule has 0 unspecified atom stereocenters. The lowest BCUT2D eigenvalue weighted by Gasteiger charge is -2.06. The monoisotopic (exact) mass is 296 g/mol. The molecule has 0 aliphatic rings. The maximum Gasteiger partial charge on any atom is 0.336 e. The molecule has 106 valence electrons. The van der Waals surface area contributed by atoms with E-state index in [2.05, 4.69) is 0 Å². The summed E-state index contributed by atoms with van der Waals surface area (Å²) in [6.45, 7) is 0. The number of carboxylic acid groups (broad SMARTS) is 1. The van der Waals surface area contributed by atoms with Crippen LogP contribution in [0, 0.1) is 0 Å². The number of carboxylic acids is 1. The van der Waals surface area contributed by atoms with E-state index in [0.717, 1.165) is 0 Å². The van der Waals surface area contributed by atoms with Crippen molar-refractivity contribution >= 4 is 28.7 Å². The van der Waals surface area contributed by atoms with Crippen LogP contribution in [0.4, 0.5) is 0 Å². The third-order valence-corrected chi connectivity index (χ3v) is 3.65. The van der Waals surface area contributed by atoms with E-state index >= 15 is 0 Å². The molecular weight excluding hydrogens is 284 g/mol. The van der Waals surface area contributed by atoms with Crippen molar-refractivity contribution in [2.45, 2.75) is 12.2 Å². The Kier molecular flexibility index (Phi) is 4.19. The predicted octanol–water partition coefficient (Wildman–Crippen LogP) is 1.91. The number of benzene rings is 1. The van der Waals surface area contributed by atoms with Gasteiger partial charge >= 0.3 is 11.6 Å². The highest BCUT2D eigenvalue weighted by atomic mass is 32.2. The molecule has 0 atom stereocenters. The fourth-order valence-electron chi connectivity index (χ4n) is 1.71. The summed E-state index contributed by atoms with van der Waals surface area (Å²) >= 11 is 1.36. The standard InChI is InChI=1S/C13H12O6S/c14-9-4-8-7(6-20-2-1-12(16)17)3-13(18)19-11(8)5-10(9)15/h3-5,14-15H,1-2,6H2,(H,16,17). The molecule has 0 radical (unpaired) electrons. The van der Waals surface area contributed by atoms with Crippen molar-refractivity contribution in [2.24, 2.45) is 0 Å². The van der Waals surface area contributed by atoms with Gasteiger partial charge in [0.15, 0.2) is 11.5 Å². The van der Waals surface area contributed by atoms with Crippen LogP contribution in [-0.2, 0) is 10.5 Å². The molecule has 0 fully saturated rings. The molecule has 1 heterocycles. The number of aromatic hydroxyl groups is 2. The van der Waals surface area contributed by atoms with E-state index in [4.69, 9.17) is 9.52 Å². The van der Waals surface area contributed by atoms with Crippen LogP contribution in [0.15, 0.2) is 27.4 Å². The van der Waals surface area contributed by atoms with Gasteiger partial charge in [0.2, 0.25) is 0 Å². The van der Waals surface area contributed by atoms with Gasteiger partial charge in [-0.25, -0.2) is 4.79 Å². The van der Waals surface area contributed by atoms with Crippen molar-refractivity contribution in [3.63, 3.8) is 0 Å². The highest BCUT2D eigenvalue weighted by Crippen LogP contribution is 2.32. The normalized spacial score (nSPS) is 10.8. The molecule has 0 spiro atoms.